The third kappa shape index (κ3) is 3.74. The largest absolute Gasteiger partial charge is 0.366 e. The maximum atomic E-state index is 12.8. The number of hydrogen-bond donors (Lipinski definition) is 2. The Labute approximate surface area is 116 Å². The summed E-state index contributed by atoms with van der Waals surface area (Å²) in [6, 6.07) is 9.02. The summed E-state index contributed by atoms with van der Waals surface area (Å²) in [6.07, 6.45) is 0. The van der Waals surface area contributed by atoms with Crippen LogP contribution in [0.25, 0.3) is 0 Å². The molecule has 2 N–H and O–H groups in total. The lowest BCUT2D eigenvalue weighted by Crippen LogP contribution is -2.16. The van der Waals surface area contributed by atoms with Gasteiger partial charge in [0.2, 0.25) is 0 Å². The third-order valence-corrected chi connectivity index (χ3v) is 2.44. The van der Waals surface area contributed by atoms with Crippen molar-refractivity contribution >= 4 is 17.4 Å². The van der Waals surface area contributed by atoms with Gasteiger partial charge in [0.25, 0.3) is 5.91 Å². The topological polar surface area (TPSA) is 66.9 Å². The molecule has 0 unspecified atom stereocenters. The van der Waals surface area contributed by atoms with Crippen LogP contribution in [0.5, 0.6) is 0 Å². The SMILES string of the molecule is CC(C)Nc1ccc(C(=O)Nc2ccc(F)cc2)nn1. The number of amides is 1. The molecule has 0 aliphatic heterocycles. The molecule has 2 rings (SSSR count). The molecule has 0 aliphatic rings. The quantitative estimate of drug-likeness (QED) is 0.899. The van der Waals surface area contributed by atoms with Gasteiger partial charge in [0.15, 0.2) is 5.69 Å². The minimum atomic E-state index is -0.389. The lowest BCUT2D eigenvalue weighted by molar-refractivity contribution is 0.102. The van der Waals surface area contributed by atoms with E-state index in [9.17, 15) is 9.18 Å². The van der Waals surface area contributed by atoms with Crippen molar-refractivity contribution in [3.8, 4) is 0 Å². The van der Waals surface area contributed by atoms with Crippen LogP contribution in [-0.2, 0) is 0 Å². The van der Waals surface area contributed by atoms with Gasteiger partial charge in [-0.2, -0.15) is 0 Å². The van der Waals surface area contributed by atoms with Crippen molar-refractivity contribution in [3.63, 3.8) is 0 Å². The van der Waals surface area contributed by atoms with E-state index in [0.717, 1.165) is 0 Å². The van der Waals surface area contributed by atoms with Crippen LogP contribution in [0.2, 0.25) is 0 Å². The number of carbonyl (C=O) groups is 1. The first kappa shape index (κ1) is 13.9. The Morgan fingerprint density at radius 1 is 1.10 bits per heavy atom. The van der Waals surface area contributed by atoms with Gasteiger partial charge in [-0.15, -0.1) is 10.2 Å². The minimum absolute atomic E-state index is 0.198. The predicted octanol–water partition coefficient (Wildman–Crippen LogP) is 2.69. The highest BCUT2D eigenvalue weighted by Gasteiger charge is 2.09. The van der Waals surface area contributed by atoms with Crippen LogP contribution >= 0.6 is 0 Å². The Hall–Kier alpha value is -2.50. The summed E-state index contributed by atoms with van der Waals surface area (Å²) in [7, 11) is 0. The molecule has 1 heterocycles. The van der Waals surface area contributed by atoms with Crippen molar-refractivity contribution in [1.82, 2.24) is 10.2 Å². The highest BCUT2D eigenvalue weighted by Crippen LogP contribution is 2.10. The molecule has 0 saturated carbocycles. The molecule has 1 aromatic carbocycles. The molecule has 0 fully saturated rings. The summed E-state index contributed by atoms with van der Waals surface area (Å²) in [4.78, 5) is 11.9. The summed E-state index contributed by atoms with van der Waals surface area (Å²) in [5, 5.41) is 13.5. The maximum absolute atomic E-state index is 12.8. The lowest BCUT2D eigenvalue weighted by Gasteiger charge is -2.08. The molecule has 104 valence electrons. The lowest BCUT2D eigenvalue weighted by atomic mass is 10.3. The number of aromatic nitrogens is 2. The summed E-state index contributed by atoms with van der Waals surface area (Å²) in [5.41, 5.74) is 0.700. The van der Waals surface area contributed by atoms with E-state index in [2.05, 4.69) is 20.8 Å². The van der Waals surface area contributed by atoms with E-state index in [0.29, 0.717) is 11.5 Å². The van der Waals surface area contributed by atoms with E-state index in [1.165, 1.54) is 24.3 Å². The predicted molar refractivity (Wildman–Crippen MR) is 75.1 cm³/mol. The molecule has 1 amide bonds. The fourth-order valence-corrected chi connectivity index (χ4v) is 1.55. The van der Waals surface area contributed by atoms with Gasteiger partial charge in [0, 0.05) is 11.7 Å². The number of benzene rings is 1. The summed E-state index contributed by atoms with van der Waals surface area (Å²) in [6.45, 7) is 3.97. The summed E-state index contributed by atoms with van der Waals surface area (Å²) >= 11 is 0. The van der Waals surface area contributed by atoms with E-state index in [4.69, 9.17) is 0 Å². The van der Waals surface area contributed by atoms with Gasteiger partial charge < -0.3 is 10.6 Å². The number of hydrogen-bond acceptors (Lipinski definition) is 4. The average Bonchev–Trinajstić information content (AvgIpc) is 2.41. The molecule has 6 heteroatoms. The Morgan fingerprint density at radius 2 is 1.80 bits per heavy atom. The highest BCUT2D eigenvalue weighted by atomic mass is 19.1. The van der Waals surface area contributed by atoms with Gasteiger partial charge in [0.1, 0.15) is 11.6 Å². The zero-order chi connectivity index (χ0) is 14.5. The van der Waals surface area contributed by atoms with E-state index in [1.807, 2.05) is 13.8 Å². The van der Waals surface area contributed by atoms with Crippen LogP contribution in [0.15, 0.2) is 36.4 Å². The molecule has 0 atom stereocenters. The molecule has 0 saturated heterocycles. The zero-order valence-corrected chi connectivity index (χ0v) is 11.2. The molecule has 0 bridgehead atoms. The van der Waals surface area contributed by atoms with Crippen LogP contribution in [-0.4, -0.2) is 22.1 Å². The normalized spacial score (nSPS) is 10.4. The van der Waals surface area contributed by atoms with Crippen molar-refractivity contribution in [2.24, 2.45) is 0 Å². The first-order valence-electron chi connectivity index (χ1n) is 6.22. The first-order valence-corrected chi connectivity index (χ1v) is 6.22. The number of carbonyl (C=O) groups excluding carboxylic acids is 1. The molecule has 1 aromatic heterocycles. The summed E-state index contributed by atoms with van der Waals surface area (Å²) < 4.78 is 12.8. The second-order valence-corrected chi connectivity index (χ2v) is 4.56. The molecule has 20 heavy (non-hydrogen) atoms. The number of halogens is 1. The van der Waals surface area contributed by atoms with Crippen molar-refractivity contribution in [2.75, 3.05) is 10.6 Å². The fourth-order valence-electron chi connectivity index (χ4n) is 1.55. The van der Waals surface area contributed by atoms with Crippen LogP contribution in [0.3, 0.4) is 0 Å². The monoisotopic (exact) mass is 274 g/mol. The highest BCUT2D eigenvalue weighted by molar-refractivity contribution is 6.02. The molecular weight excluding hydrogens is 259 g/mol. The summed E-state index contributed by atoms with van der Waals surface area (Å²) in [5.74, 6) is -0.134. The number of anilines is 2. The Balaban J connectivity index is 2.03. The van der Waals surface area contributed by atoms with Crippen molar-refractivity contribution in [2.45, 2.75) is 19.9 Å². The van der Waals surface area contributed by atoms with Gasteiger partial charge in [-0.3, -0.25) is 4.79 Å². The molecule has 5 nitrogen and oxygen atoms in total. The van der Waals surface area contributed by atoms with Crippen molar-refractivity contribution < 1.29 is 9.18 Å². The zero-order valence-electron chi connectivity index (χ0n) is 11.2. The average molecular weight is 274 g/mol. The van der Waals surface area contributed by atoms with Gasteiger partial charge in [-0.25, -0.2) is 4.39 Å². The molecular formula is C14H15FN4O. The second kappa shape index (κ2) is 6.10. The molecule has 0 aliphatic carbocycles. The fraction of sp³-hybridized carbons (Fsp3) is 0.214. The Bertz CT molecular complexity index is 581. The number of nitrogens with zero attached hydrogens (tertiary/aromatic N) is 2. The van der Waals surface area contributed by atoms with Crippen LogP contribution in [0.4, 0.5) is 15.9 Å². The maximum Gasteiger partial charge on any atom is 0.276 e. The van der Waals surface area contributed by atoms with Gasteiger partial charge in [0.05, 0.1) is 0 Å². The number of nitrogens with one attached hydrogen (secondary N) is 2. The smallest absolute Gasteiger partial charge is 0.276 e. The standard InChI is InChI=1S/C14H15FN4O/c1-9(2)16-13-8-7-12(18-19-13)14(20)17-11-5-3-10(15)4-6-11/h3-9H,1-2H3,(H,16,19)(H,17,20). The van der Waals surface area contributed by atoms with Crippen molar-refractivity contribution in [1.29, 1.82) is 0 Å². The Kier molecular flexibility index (Phi) is 4.24. The van der Waals surface area contributed by atoms with E-state index >= 15 is 0 Å². The van der Waals surface area contributed by atoms with Crippen molar-refractivity contribution in [3.05, 3.63) is 47.9 Å². The van der Waals surface area contributed by atoms with Gasteiger partial charge in [-0.05, 0) is 50.2 Å². The van der Waals surface area contributed by atoms with E-state index in [-0.39, 0.29) is 23.5 Å². The second-order valence-electron chi connectivity index (χ2n) is 4.56. The van der Waals surface area contributed by atoms with Gasteiger partial charge >= 0.3 is 0 Å². The van der Waals surface area contributed by atoms with E-state index < -0.39 is 0 Å². The van der Waals surface area contributed by atoms with Gasteiger partial charge in [-0.1, -0.05) is 0 Å². The molecule has 0 radical (unpaired) electrons. The first-order chi connectivity index (χ1) is 9.54. The van der Waals surface area contributed by atoms with Crippen LogP contribution < -0.4 is 10.6 Å². The molecule has 2 aromatic rings. The molecule has 0 spiro atoms. The third-order valence-electron chi connectivity index (χ3n) is 2.44. The Morgan fingerprint density at radius 3 is 2.35 bits per heavy atom. The van der Waals surface area contributed by atoms with Crippen LogP contribution in [0.1, 0.15) is 24.3 Å². The van der Waals surface area contributed by atoms with E-state index in [1.54, 1.807) is 12.1 Å². The minimum Gasteiger partial charge on any atom is -0.366 e. The number of rotatable bonds is 4. The van der Waals surface area contributed by atoms with Crippen LogP contribution in [0, 0.1) is 5.82 Å².